The van der Waals surface area contributed by atoms with Gasteiger partial charge in [0.2, 0.25) is 6.71 Å². The number of benzene rings is 9. The fourth-order valence-corrected chi connectivity index (χ4v) is 11.2. The first-order valence-electron chi connectivity index (χ1n) is 20.7. The van der Waals surface area contributed by atoms with E-state index < -0.39 is 5.41 Å². The Morgan fingerprint density at radius 2 is 0.949 bits per heavy atom. The van der Waals surface area contributed by atoms with E-state index in [1.165, 1.54) is 88.0 Å². The molecule has 3 aliphatic heterocycles. The molecule has 0 aliphatic carbocycles. The zero-order chi connectivity index (χ0) is 38.7. The maximum atomic E-state index is 6.81. The summed E-state index contributed by atoms with van der Waals surface area (Å²) in [4.78, 5) is 0. The molecule has 0 radical (unpaired) electrons. The van der Waals surface area contributed by atoms with Crippen molar-refractivity contribution < 1.29 is 4.74 Å². The quantitative estimate of drug-likeness (QED) is 0.165. The van der Waals surface area contributed by atoms with E-state index in [1.54, 1.807) is 0 Å². The molecule has 59 heavy (non-hydrogen) atoms. The van der Waals surface area contributed by atoms with Crippen LogP contribution in [0.25, 0.3) is 38.6 Å². The predicted molar refractivity (Wildman–Crippen MR) is 247 cm³/mol. The smallest absolute Gasteiger partial charge is 0.251 e. The highest BCUT2D eigenvalue weighted by molar-refractivity contribution is 6.99. The van der Waals surface area contributed by atoms with Crippen LogP contribution in [0.4, 0.5) is 0 Å². The number of nitrogens with zero attached hydrogens (tertiary/aromatic N) is 1. The average Bonchev–Trinajstić information content (AvgIpc) is 3.64. The highest BCUT2D eigenvalue weighted by atomic mass is 16.5. The van der Waals surface area contributed by atoms with Crippen LogP contribution in [-0.4, -0.2) is 18.0 Å². The average molecular weight is 748 g/mol. The maximum Gasteiger partial charge on any atom is 0.251 e. The molecule has 0 saturated carbocycles. The van der Waals surface area contributed by atoms with Gasteiger partial charge >= 0.3 is 0 Å². The zero-order valence-corrected chi connectivity index (χ0v) is 32.2. The maximum absolute atomic E-state index is 6.81. The van der Waals surface area contributed by atoms with Gasteiger partial charge in [0, 0.05) is 16.5 Å². The van der Waals surface area contributed by atoms with Crippen LogP contribution in [0.2, 0.25) is 0 Å². The van der Waals surface area contributed by atoms with E-state index in [0.717, 1.165) is 17.2 Å². The molecule has 1 atom stereocenters. The van der Waals surface area contributed by atoms with Crippen molar-refractivity contribution in [1.82, 2.24) is 4.57 Å². The molecule has 0 bridgehead atoms. The first-order valence-corrected chi connectivity index (χ1v) is 20.7. The molecule has 2 nitrogen and oxygen atoms in total. The van der Waals surface area contributed by atoms with E-state index in [1.807, 2.05) is 0 Å². The lowest BCUT2D eigenvalue weighted by Crippen LogP contribution is -2.68. The fraction of sp³-hybridized carbons (Fsp3) is 0.0182. The third-order valence-electron chi connectivity index (χ3n) is 13.5. The molecule has 4 heterocycles. The lowest BCUT2D eigenvalue weighted by molar-refractivity contribution is 0.486. The lowest BCUT2D eigenvalue weighted by atomic mass is 9.26. The largest absolute Gasteiger partial charge is 0.458 e. The van der Waals surface area contributed by atoms with Gasteiger partial charge in [0.25, 0.3) is 6.71 Å². The van der Waals surface area contributed by atoms with Crippen LogP contribution in [0.15, 0.2) is 212 Å². The van der Waals surface area contributed by atoms with Gasteiger partial charge in [-0.1, -0.05) is 198 Å². The van der Waals surface area contributed by atoms with Crippen LogP contribution < -0.4 is 37.5 Å². The molecule has 4 heteroatoms. The third kappa shape index (κ3) is 4.43. The Morgan fingerprint density at radius 3 is 1.76 bits per heavy atom. The Balaban J connectivity index is 1.11. The highest BCUT2D eigenvalue weighted by Crippen LogP contribution is 2.49. The van der Waals surface area contributed by atoms with Crippen LogP contribution in [0.1, 0.15) is 22.3 Å². The van der Waals surface area contributed by atoms with E-state index in [0.29, 0.717) is 0 Å². The summed E-state index contributed by atoms with van der Waals surface area (Å²) in [6.07, 6.45) is 0. The minimum absolute atomic E-state index is 0.0360. The third-order valence-corrected chi connectivity index (χ3v) is 13.5. The van der Waals surface area contributed by atoms with Gasteiger partial charge in [-0.25, -0.2) is 0 Å². The Morgan fingerprint density at radius 1 is 0.373 bits per heavy atom. The molecule has 10 aromatic rings. The molecule has 0 N–H and O–H groups in total. The Hall–Kier alpha value is -7.29. The molecule has 272 valence electrons. The molecule has 0 saturated heterocycles. The number of aromatic nitrogens is 1. The lowest BCUT2D eigenvalue weighted by Gasteiger charge is -2.50. The van der Waals surface area contributed by atoms with E-state index in [-0.39, 0.29) is 13.4 Å². The number of hydrogen-bond acceptors (Lipinski definition) is 1. The molecule has 1 spiro atoms. The Kier molecular flexibility index (Phi) is 6.86. The number of hydrogen-bond donors (Lipinski definition) is 0. The molecule has 0 amide bonds. The van der Waals surface area contributed by atoms with Crippen molar-refractivity contribution in [3.8, 4) is 28.3 Å². The van der Waals surface area contributed by atoms with Crippen molar-refractivity contribution in [2.75, 3.05) is 0 Å². The summed E-state index contributed by atoms with van der Waals surface area (Å²) in [5.74, 6) is 1.89. The van der Waals surface area contributed by atoms with Crippen LogP contribution in [0.5, 0.6) is 11.5 Å². The second-order valence-electron chi connectivity index (χ2n) is 16.3. The standard InChI is InChI=1S/C55H35B2NO/c1-3-16-38(17-4-1)56-46-24-10-8-21-42(46)55(43-22-9-11-25-47(43)57-48-26-12-14-28-52(48)59-53-29-15-23-45(55)54(53)57)44-33-31-36(34-49(44)56)37-30-32-41-40-20-7-13-27-50(40)58(51(41)35-37)39-18-5-2-6-19-39/h1-35H. The normalized spacial score (nSPS) is 15.6. The van der Waals surface area contributed by atoms with E-state index in [2.05, 4.69) is 217 Å². The second-order valence-corrected chi connectivity index (χ2v) is 16.3. The van der Waals surface area contributed by atoms with Gasteiger partial charge in [-0.15, -0.1) is 0 Å². The predicted octanol–water partition coefficient (Wildman–Crippen LogP) is 8.60. The monoisotopic (exact) mass is 747 g/mol. The highest BCUT2D eigenvalue weighted by Gasteiger charge is 2.54. The number of fused-ring (bicyclic) bond motifs is 13. The first-order chi connectivity index (χ1) is 29.3. The zero-order valence-electron chi connectivity index (χ0n) is 32.2. The van der Waals surface area contributed by atoms with Crippen LogP contribution in [0, 0.1) is 0 Å². The SMILES string of the molecule is c1ccc(B2c3ccccc3C3(c4ccc(-c5ccc6c7ccccc7n(-c7ccccc7)c6c5)cc42)c2ccccc2B2c4ccccc4Oc4cccc3c42)cc1. The van der Waals surface area contributed by atoms with E-state index >= 15 is 0 Å². The fourth-order valence-electron chi connectivity index (χ4n) is 11.2. The van der Waals surface area contributed by atoms with Crippen LogP contribution in [0.3, 0.4) is 0 Å². The number of para-hydroxylation sites is 3. The van der Waals surface area contributed by atoms with Crippen molar-refractivity contribution in [3.63, 3.8) is 0 Å². The van der Waals surface area contributed by atoms with Gasteiger partial charge in [-0.2, -0.15) is 0 Å². The number of ether oxygens (including phenoxy) is 1. The summed E-state index contributed by atoms with van der Waals surface area (Å²) >= 11 is 0. The van der Waals surface area contributed by atoms with Gasteiger partial charge in [0.15, 0.2) is 0 Å². The summed E-state index contributed by atoms with van der Waals surface area (Å²) in [6.45, 7) is 0.103. The van der Waals surface area contributed by atoms with Crippen molar-refractivity contribution in [3.05, 3.63) is 235 Å². The van der Waals surface area contributed by atoms with Crippen molar-refractivity contribution in [2.24, 2.45) is 0 Å². The second kappa shape index (κ2) is 12.4. The van der Waals surface area contributed by atoms with Crippen LogP contribution >= 0.6 is 0 Å². The molecule has 13 rings (SSSR count). The Bertz CT molecular complexity index is 3320. The van der Waals surface area contributed by atoms with E-state index in [9.17, 15) is 0 Å². The first kappa shape index (κ1) is 32.8. The summed E-state index contributed by atoms with van der Waals surface area (Å²) in [7, 11) is 0. The minimum Gasteiger partial charge on any atom is -0.458 e. The minimum atomic E-state index is -0.576. The molecule has 0 fully saturated rings. The Labute approximate surface area is 344 Å². The van der Waals surface area contributed by atoms with Crippen LogP contribution in [-0.2, 0) is 5.41 Å². The van der Waals surface area contributed by atoms with E-state index in [4.69, 9.17) is 4.74 Å². The summed E-state index contributed by atoms with van der Waals surface area (Å²) < 4.78 is 9.23. The summed E-state index contributed by atoms with van der Waals surface area (Å²) in [6, 6.07) is 78.8. The van der Waals surface area contributed by atoms with Gasteiger partial charge in [0.1, 0.15) is 11.5 Å². The molecule has 3 aliphatic rings. The van der Waals surface area contributed by atoms with Crippen molar-refractivity contribution in [1.29, 1.82) is 0 Å². The summed E-state index contributed by atoms with van der Waals surface area (Å²) in [5, 5.41) is 2.52. The topological polar surface area (TPSA) is 14.2 Å². The van der Waals surface area contributed by atoms with Gasteiger partial charge in [0.05, 0.1) is 16.4 Å². The van der Waals surface area contributed by atoms with Gasteiger partial charge < -0.3 is 9.30 Å². The summed E-state index contributed by atoms with van der Waals surface area (Å²) in [5.41, 5.74) is 18.5. The molecular formula is C55H35B2NO. The molecule has 9 aromatic carbocycles. The van der Waals surface area contributed by atoms with Crippen molar-refractivity contribution >= 4 is 68.0 Å². The number of rotatable bonds is 3. The molecule has 1 aromatic heterocycles. The molecular weight excluding hydrogens is 712 g/mol. The van der Waals surface area contributed by atoms with Gasteiger partial charge in [-0.05, 0) is 80.7 Å². The van der Waals surface area contributed by atoms with Gasteiger partial charge in [-0.3, -0.25) is 0 Å². The molecule has 1 unspecified atom stereocenters. The van der Waals surface area contributed by atoms with Crippen molar-refractivity contribution in [2.45, 2.75) is 5.41 Å².